The first-order chi connectivity index (χ1) is 9.60. The number of nitrogens with zero attached hydrogens (tertiary/aromatic N) is 1. The van der Waals surface area contributed by atoms with Crippen LogP contribution in [0.2, 0.25) is 5.02 Å². The monoisotopic (exact) mass is 285 g/mol. The zero-order valence-corrected chi connectivity index (χ0v) is 11.3. The quantitative estimate of drug-likeness (QED) is 0.906. The molecular weight excluding hydrogens is 274 g/mol. The lowest BCUT2D eigenvalue weighted by molar-refractivity contribution is 0.100. The van der Waals surface area contributed by atoms with Gasteiger partial charge in [-0.1, -0.05) is 23.7 Å². The highest BCUT2D eigenvalue weighted by Crippen LogP contribution is 2.20. The van der Waals surface area contributed by atoms with Crippen molar-refractivity contribution in [3.05, 3.63) is 64.2 Å². The number of hydrogen-bond acceptors (Lipinski definition) is 3. The van der Waals surface area contributed by atoms with Crippen molar-refractivity contribution in [1.29, 1.82) is 5.26 Å². The average Bonchev–Trinajstić information content (AvgIpc) is 2.45. The molecule has 0 radical (unpaired) electrons. The molecule has 0 fully saturated rings. The van der Waals surface area contributed by atoms with Crippen LogP contribution in [0.15, 0.2) is 42.5 Å². The molecule has 0 aliphatic rings. The maximum Gasteiger partial charge on any atom is 0.248 e. The molecule has 0 saturated heterocycles. The summed E-state index contributed by atoms with van der Waals surface area (Å²) >= 11 is 5.95. The second-order valence-corrected chi connectivity index (χ2v) is 4.63. The van der Waals surface area contributed by atoms with Gasteiger partial charge in [0.05, 0.1) is 10.6 Å². The van der Waals surface area contributed by atoms with Gasteiger partial charge in [-0.2, -0.15) is 5.26 Å². The SMILES string of the molecule is N#Cc1ccc(NCc2ccc(C(N)=O)cc2)cc1Cl. The lowest BCUT2D eigenvalue weighted by Gasteiger charge is -2.08. The van der Waals surface area contributed by atoms with Crippen LogP contribution in [0.4, 0.5) is 5.69 Å². The molecule has 0 saturated carbocycles. The van der Waals surface area contributed by atoms with Crippen molar-refractivity contribution in [2.75, 3.05) is 5.32 Å². The molecule has 0 atom stereocenters. The van der Waals surface area contributed by atoms with Crippen molar-refractivity contribution in [2.24, 2.45) is 5.73 Å². The van der Waals surface area contributed by atoms with E-state index in [1.807, 2.05) is 18.2 Å². The summed E-state index contributed by atoms with van der Waals surface area (Å²) in [4.78, 5) is 11.0. The number of nitriles is 1. The van der Waals surface area contributed by atoms with E-state index in [1.54, 1.807) is 30.3 Å². The van der Waals surface area contributed by atoms with Crippen molar-refractivity contribution in [3.8, 4) is 6.07 Å². The maximum absolute atomic E-state index is 11.0. The molecule has 0 aliphatic heterocycles. The number of nitrogens with two attached hydrogens (primary N) is 1. The number of carbonyl (C=O) groups is 1. The van der Waals surface area contributed by atoms with Crippen LogP contribution < -0.4 is 11.1 Å². The van der Waals surface area contributed by atoms with Gasteiger partial charge in [-0.15, -0.1) is 0 Å². The van der Waals surface area contributed by atoms with Crippen LogP contribution in [0.3, 0.4) is 0 Å². The van der Waals surface area contributed by atoms with Crippen LogP contribution in [0.25, 0.3) is 0 Å². The third kappa shape index (κ3) is 3.28. The van der Waals surface area contributed by atoms with Gasteiger partial charge in [0.25, 0.3) is 0 Å². The Hall–Kier alpha value is -2.51. The molecule has 0 heterocycles. The van der Waals surface area contributed by atoms with Crippen molar-refractivity contribution >= 4 is 23.2 Å². The highest BCUT2D eigenvalue weighted by molar-refractivity contribution is 6.32. The Balaban J connectivity index is 2.03. The molecule has 2 aromatic rings. The van der Waals surface area contributed by atoms with E-state index in [1.165, 1.54) is 0 Å². The average molecular weight is 286 g/mol. The van der Waals surface area contributed by atoms with E-state index in [0.29, 0.717) is 22.7 Å². The summed E-state index contributed by atoms with van der Waals surface area (Å²) in [6, 6.07) is 14.2. The molecule has 0 aliphatic carbocycles. The maximum atomic E-state index is 11.0. The highest BCUT2D eigenvalue weighted by atomic mass is 35.5. The predicted molar refractivity (Wildman–Crippen MR) is 78.5 cm³/mol. The van der Waals surface area contributed by atoms with Gasteiger partial charge in [0.1, 0.15) is 6.07 Å². The minimum atomic E-state index is -0.441. The van der Waals surface area contributed by atoms with Crippen LogP contribution in [0.5, 0.6) is 0 Å². The predicted octanol–water partition coefficient (Wildman–Crippen LogP) is 2.92. The van der Waals surface area contributed by atoms with Gasteiger partial charge in [-0.05, 0) is 35.9 Å². The second-order valence-electron chi connectivity index (χ2n) is 4.22. The van der Waals surface area contributed by atoms with Gasteiger partial charge in [0.2, 0.25) is 5.91 Å². The van der Waals surface area contributed by atoms with E-state index >= 15 is 0 Å². The number of nitrogens with one attached hydrogen (secondary N) is 1. The van der Waals surface area contributed by atoms with E-state index in [2.05, 4.69) is 5.32 Å². The van der Waals surface area contributed by atoms with E-state index in [4.69, 9.17) is 22.6 Å². The molecule has 1 amide bonds. The van der Waals surface area contributed by atoms with Crippen LogP contribution in [-0.2, 0) is 6.54 Å². The van der Waals surface area contributed by atoms with Gasteiger partial charge in [-0.3, -0.25) is 4.79 Å². The Kier molecular flexibility index (Phi) is 4.24. The summed E-state index contributed by atoms with van der Waals surface area (Å²) in [6.45, 7) is 0.585. The van der Waals surface area contributed by atoms with Gasteiger partial charge in [0.15, 0.2) is 0 Å². The highest BCUT2D eigenvalue weighted by Gasteiger charge is 2.02. The van der Waals surface area contributed by atoms with E-state index in [0.717, 1.165) is 11.3 Å². The zero-order chi connectivity index (χ0) is 14.5. The van der Waals surface area contributed by atoms with Crippen molar-refractivity contribution in [1.82, 2.24) is 0 Å². The van der Waals surface area contributed by atoms with E-state index < -0.39 is 5.91 Å². The smallest absolute Gasteiger partial charge is 0.248 e. The summed E-state index contributed by atoms with van der Waals surface area (Å²) in [5, 5.41) is 12.4. The third-order valence-electron chi connectivity index (χ3n) is 2.82. The fourth-order valence-corrected chi connectivity index (χ4v) is 1.93. The zero-order valence-electron chi connectivity index (χ0n) is 10.6. The summed E-state index contributed by atoms with van der Waals surface area (Å²) in [5.41, 5.74) is 7.94. The number of hydrogen-bond donors (Lipinski definition) is 2. The summed E-state index contributed by atoms with van der Waals surface area (Å²) in [5.74, 6) is -0.441. The molecule has 4 nitrogen and oxygen atoms in total. The molecule has 20 heavy (non-hydrogen) atoms. The summed E-state index contributed by atoms with van der Waals surface area (Å²) in [7, 11) is 0. The lowest BCUT2D eigenvalue weighted by Crippen LogP contribution is -2.10. The summed E-state index contributed by atoms with van der Waals surface area (Å²) in [6.07, 6.45) is 0. The van der Waals surface area contributed by atoms with Crippen LogP contribution in [0, 0.1) is 11.3 Å². The Morgan fingerprint density at radius 3 is 2.50 bits per heavy atom. The number of anilines is 1. The summed E-state index contributed by atoms with van der Waals surface area (Å²) < 4.78 is 0. The van der Waals surface area contributed by atoms with Gasteiger partial charge < -0.3 is 11.1 Å². The number of amides is 1. The largest absolute Gasteiger partial charge is 0.381 e. The molecule has 0 aromatic heterocycles. The standard InChI is InChI=1S/C15H12ClN3O/c16-14-7-13(6-5-12(14)8-17)19-9-10-1-3-11(4-2-10)15(18)20/h1-7,19H,9H2,(H2,18,20). The first-order valence-electron chi connectivity index (χ1n) is 5.92. The number of benzene rings is 2. The van der Waals surface area contributed by atoms with Crippen molar-refractivity contribution in [2.45, 2.75) is 6.54 Å². The van der Waals surface area contributed by atoms with Crippen LogP contribution in [0.1, 0.15) is 21.5 Å². The first-order valence-corrected chi connectivity index (χ1v) is 6.30. The Bertz CT molecular complexity index is 675. The molecule has 100 valence electrons. The van der Waals surface area contributed by atoms with Gasteiger partial charge in [0, 0.05) is 17.8 Å². The molecule has 3 N–H and O–H groups in total. The fourth-order valence-electron chi connectivity index (χ4n) is 1.71. The van der Waals surface area contributed by atoms with Crippen molar-refractivity contribution < 1.29 is 4.79 Å². The Morgan fingerprint density at radius 1 is 1.25 bits per heavy atom. The second kappa shape index (κ2) is 6.09. The number of carbonyl (C=O) groups excluding carboxylic acids is 1. The van der Waals surface area contributed by atoms with Crippen LogP contribution >= 0.6 is 11.6 Å². The molecule has 0 unspecified atom stereocenters. The van der Waals surface area contributed by atoms with Crippen molar-refractivity contribution in [3.63, 3.8) is 0 Å². The van der Waals surface area contributed by atoms with Crippen LogP contribution in [-0.4, -0.2) is 5.91 Å². The topological polar surface area (TPSA) is 78.9 Å². The molecular formula is C15H12ClN3O. The number of halogens is 1. The number of rotatable bonds is 4. The minimum Gasteiger partial charge on any atom is -0.381 e. The number of primary amides is 1. The van der Waals surface area contributed by atoms with E-state index in [9.17, 15) is 4.79 Å². The Labute approximate surface area is 121 Å². The molecule has 2 rings (SSSR count). The van der Waals surface area contributed by atoms with Gasteiger partial charge in [-0.25, -0.2) is 0 Å². The molecule has 0 spiro atoms. The first kappa shape index (κ1) is 13.9. The minimum absolute atomic E-state index is 0.418. The van der Waals surface area contributed by atoms with E-state index in [-0.39, 0.29) is 0 Å². The fraction of sp³-hybridized carbons (Fsp3) is 0.0667. The third-order valence-corrected chi connectivity index (χ3v) is 3.14. The lowest BCUT2D eigenvalue weighted by atomic mass is 10.1. The molecule has 0 bridgehead atoms. The molecule has 2 aromatic carbocycles. The normalized spacial score (nSPS) is 9.80. The molecule has 5 heteroatoms. The van der Waals surface area contributed by atoms with Gasteiger partial charge >= 0.3 is 0 Å². The Morgan fingerprint density at radius 2 is 1.95 bits per heavy atom.